The van der Waals surface area contributed by atoms with E-state index in [9.17, 15) is 44.5 Å². The van der Waals surface area contributed by atoms with Gasteiger partial charge < -0.3 is 10.0 Å². The number of benzene rings is 2. The van der Waals surface area contributed by atoms with Crippen LogP contribution in [0.25, 0.3) is 0 Å². The largest absolute Gasteiger partial charge is 0.508 e. The summed E-state index contributed by atoms with van der Waals surface area (Å²) in [5, 5.41) is 33.9. The van der Waals surface area contributed by atoms with Crippen LogP contribution in [0.3, 0.4) is 0 Å². The summed E-state index contributed by atoms with van der Waals surface area (Å²) in [5.74, 6) is -7.07. The van der Waals surface area contributed by atoms with Crippen LogP contribution in [0.4, 0.5) is 22.7 Å². The number of carbonyl (C=O) groups excluding carboxylic acids is 4. The molecule has 2 aliphatic heterocycles. The van der Waals surface area contributed by atoms with Gasteiger partial charge in [0.1, 0.15) is 5.75 Å². The minimum Gasteiger partial charge on any atom is -0.508 e. The summed E-state index contributed by atoms with van der Waals surface area (Å²) in [6.45, 7) is 0. The fraction of sp³-hybridized carbons (Fsp3) is 0.379. The number of hydrogen-bond acceptors (Lipinski definition) is 10. The molecule has 1 N–H and O–H groups in total. The first-order valence-corrected chi connectivity index (χ1v) is 14.5. The zero-order chi connectivity index (χ0) is 32.9. The van der Waals surface area contributed by atoms with E-state index in [4.69, 9.17) is 23.2 Å². The number of alkyl halides is 2. The molecular weight excluding hydrogens is 633 g/mol. The van der Waals surface area contributed by atoms with E-state index in [-0.39, 0.29) is 30.0 Å². The zero-order valence-electron chi connectivity index (χ0n) is 24.0. The van der Waals surface area contributed by atoms with Crippen LogP contribution < -0.4 is 9.80 Å². The van der Waals surface area contributed by atoms with Crippen molar-refractivity contribution in [2.24, 2.45) is 17.8 Å². The molecule has 234 valence electrons. The fourth-order valence-electron chi connectivity index (χ4n) is 7.49. The molecule has 0 spiro atoms. The highest BCUT2D eigenvalue weighted by Gasteiger charge is 2.75. The van der Waals surface area contributed by atoms with Crippen LogP contribution in [0.1, 0.15) is 24.3 Å². The van der Waals surface area contributed by atoms with E-state index in [0.717, 1.165) is 21.9 Å². The van der Waals surface area contributed by atoms with Crippen molar-refractivity contribution in [3.05, 3.63) is 73.8 Å². The van der Waals surface area contributed by atoms with Gasteiger partial charge in [0.15, 0.2) is 15.4 Å². The Morgan fingerprint density at radius 3 is 2.04 bits per heavy atom. The molecule has 6 rings (SSSR count). The molecule has 0 unspecified atom stereocenters. The lowest BCUT2D eigenvalue weighted by Gasteiger charge is -2.50. The molecule has 2 saturated heterocycles. The maximum atomic E-state index is 14.2. The van der Waals surface area contributed by atoms with Crippen molar-refractivity contribution < 1.29 is 34.1 Å². The number of aromatic hydroxyl groups is 1. The van der Waals surface area contributed by atoms with Gasteiger partial charge in [-0.25, -0.2) is 4.90 Å². The summed E-state index contributed by atoms with van der Waals surface area (Å²) in [7, 11) is 4.04. The van der Waals surface area contributed by atoms with Gasteiger partial charge in [-0.1, -0.05) is 23.8 Å². The van der Waals surface area contributed by atoms with Crippen LogP contribution in [0.5, 0.6) is 5.75 Å². The lowest BCUT2D eigenvalue weighted by Crippen LogP contribution is -2.60. The lowest BCUT2D eigenvalue weighted by atomic mass is 9.56. The van der Waals surface area contributed by atoms with Crippen LogP contribution in [0.15, 0.2) is 48.0 Å². The Labute approximate surface area is 265 Å². The molecular formula is C29H25Cl2N5O9. The molecule has 1 saturated carbocycles. The number of halogens is 2. The van der Waals surface area contributed by atoms with Crippen molar-refractivity contribution in [1.29, 1.82) is 0 Å². The van der Waals surface area contributed by atoms with Gasteiger partial charge in [-0.2, -0.15) is 0 Å². The highest BCUT2D eigenvalue weighted by atomic mass is 35.5. The molecule has 2 aliphatic carbocycles. The maximum absolute atomic E-state index is 14.2. The second-order valence-electron chi connectivity index (χ2n) is 11.8. The number of rotatable bonds is 5. The Kier molecular flexibility index (Phi) is 6.75. The second kappa shape index (κ2) is 9.97. The van der Waals surface area contributed by atoms with Crippen LogP contribution in [0.2, 0.25) is 0 Å². The molecule has 45 heavy (non-hydrogen) atoms. The third-order valence-electron chi connectivity index (χ3n) is 9.39. The van der Waals surface area contributed by atoms with E-state index in [1.54, 1.807) is 6.08 Å². The molecule has 0 aromatic heterocycles. The van der Waals surface area contributed by atoms with Crippen LogP contribution in [-0.2, 0) is 19.2 Å². The standard InChI is InChI=1S/C29H25Cl2N5O9/c1-32(2)23-19(35(42)43)10-14(11-20(23)36(44)45)34-24(38)17-9-8-16-18(21(17)25(34)39)12-28(30)26(40)33(3)27(41)29(28,31)22(16)13-4-6-15(37)7-5-13/h4-8,10-11,17-18,21-22,37H,9,12H2,1-3H3/t17-,18+,21-,22-,28+,29-/m0/s1. The SMILES string of the molecule is CN1C(=O)[C@]2(Cl)C[C@@H]3C(=CC[C@@H]4C(=O)N(c5cc([N+](=O)[O-])c(N(C)C)c([N+](=O)[O-])c5)C(=O)[C@@H]43)[C@H](c3ccc(O)cc3)[C@]2(Cl)C1=O. The summed E-state index contributed by atoms with van der Waals surface area (Å²) >= 11 is 14.2. The second-order valence-corrected chi connectivity index (χ2v) is 13.1. The third kappa shape index (κ3) is 3.94. The Balaban J connectivity index is 1.50. The number of allylic oxidation sites excluding steroid dienone is 2. The van der Waals surface area contributed by atoms with Gasteiger partial charge in [0.25, 0.3) is 11.8 Å². The predicted octanol–water partition coefficient (Wildman–Crippen LogP) is 3.47. The van der Waals surface area contributed by atoms with Gasteiger partial charge >= 0.3 is 11.4 Å². The number of nitro benzene ring substituents is 2. The number of nitro groups is 2. The summed E-state index contributed by atoms with van der Waals surface area (Å²) < 4.78 is 0. The molecule has 2 heterocycles. The van der Waals surface area contributed by atoms with Gasteiger partial charge in [0.2, 0.25) is 11.8 Å². The average molecular weight is 658 g/mol. The van der Waals surface area contributed by atoms with E-state index in [1.807, 2.05) is 0 Å². The number of carbonyl (C=O) groups is 4. The fourth-order valence-corrected chi connectivity index (χ4v) is 8.51. The lowest BCUT2D eigenvalue weighted by molar-refractivity contribution is -0.392. The van der Waals surface area contributed by atoms with E-state index in [2.05, 4.69) is 0 Å². The van der Waals surface area contributed by atoms with Gasteiger partial charge in [-0.3, -0.25) is 44.3 Å². The van der Waals surface area contributed by atoms with E-state index < -0.39 is 78.3 Å². The van der Waals surface area contributed by atoms with E-state index in [0.29, 0.717) is 11.1 Å². The molecule has 16 heteroatoms. The van der Waals surface area contributed by atoms with Crippen molar-refractivity contribution >= 4 is 69.6 Å². The molecule has 2 aromatic rings. The first-order chi connectivity index (χ1) is 21.1. The van der Waals surface area contributed by atoms with E-state index in [1.165, 1.54) is 50.3 Å². The minimum atomic E-state index is -2.02. The highest BCUT2D eigenvalue weighted by molar-refractivity contribution is 6.53. The van der Waals surface area contributed by atoms with E-state index >= 15 is 0 Å². The monoisotopic (exact) mass is 657 g/mol. The van der Waals surface area contributed by atoms with Gasteiger partial charge in [-0.05, 0) is 36.5 Å². The van der Waals surface area contributed by atoms with Gasteiger partial charge in [-0.15, -0.1) is 23.2 Å². The predicted molar refractivity (Wildman–Crippen MR) is 160 cm³/mol. The molecule has 4 amide bonds. The Morgan fingerprint density at radius 2 is 1.51 bits per heavy atom. The minimum absolute atomic E-state index is 0.0202. The Bertz CT molecular complexity index is 1740. The number of fused-ring (bicyclic) bond motifs is 4. The topological polar surface area (TPSA) is 185 Å². The quantitative estimate of drug-likeness (QED) is 0.164. The zero-order valence-corrected chi connectivity index (χ0v) is 25.5. The first-order valence-electron chi connectivity index (χ1n) is 13.8. The Hall–Kier alpha value is -4.56. The normalized spacial score (nSPS) is 30.6. The summed E-state index contributed by atoms with van der Waals surface area (Å²) in [4.78, 5) is 76.2. The van der Waals surface area contributed by atoms with Crippen molar-refractivity contribution in [2.45, 2.75) is 28.5 Å². The molecule has 14 nitrogen and oxygen atoms in total. The van der Waals surface area contributed by atoms with Crippen molar-refractivity contribution in [1.82, 2.24) is 4.90 Å². The molecule has 4 aliphatic rings. The van der Waals surface area contributed by atoms with Crippen molar-refractivity contribution in [3.63, 3.8) is 0 Å². The number of likely N-dealkylation sites (tertiary alicyclic amines) is 1. The third-order valence-corrected chi connectivity index (χ3v) is 10.8. The molecule has 0 radical (unpaired) electrons. The summed E-state index contributed by atoms with van der Waals surface area (Å²) in [6.07, 6.45) is 1.45. The number of anilines is 2. The number of imide groups is 2. The van der Waals surface area contributed by atoms with Crippen molar-refractivity contribution in [3.8, 4) is 5.75 Å². The maximum Gasteiger partial charge on any atom is 0.301 e. The Morgan fingerprint density at radius 1 is 0.933 bits per heavy atom. The molecule has 3 fully saturated rings. The van der Waals surface area contributed by atoms with Crippen LogP contribution >= 0.6 is 23.2 Å². The van der Waals surface area contributed by atoms with Crippen LogP contribution in [-0.4, -0.2) is 74.4 Å². The average Bonchev–Trinajstić information content (AvgIpc) is 3.31. The first kappa shape index (κ1) is 30.5. The molecule has 0 bridgehead atoms. The number of hydrogen-bond donors (Lipinski definition) is 1. The smallest absolute Gasteiger partial charge is 0.301 e. The number of amides is 4. The van der Waals surface area contributed by atoms with Crippen molar-refractivity contribution in [2.75, 3.05) is 30.9 Å². The number of phenolic OH excluding ortho intramolecular Hbond substituents is 1. The van der Waals surface area contributed by atoms with Gasteiger partial charge in [0.05, 0.1) is 27.4 Å². The highest BCUT2D eigenvalue weighted by Crippen LogP contribution is 2.65. The number of nitrogens with zero attached hydrogens (tertiary/aromatic N) is 5. The molecule has 6 atom stereocenters. The summed E-state index contributed by atoms with van der Waals surface area (Å²) in [6, 6.07) is 7.73. The molecule has 2 aromatic carbocycles. The van der Waals surface area contributed by atoms with Crippen LogP contribution in [0, 0.1) is 38.0 Å². The summed E-state index contributed by atoms with van der Waals surface area (Å²) in [5.41, 5.74) is -1.05. The van der Waals surface area contributed by atoms with Gasteiger partial charge in [0, 0.05) is 39.2 Å². The number of phenols is 1.